The molecule has 3 aromatic carbocycles. The van der Waals surface area contributed by atoms with E-state index in [2.05, 4.69) is 80.8 Å². The van der Waals surface area contributed by atoms with Crippen LogP contribution in [0.5, 0.6) is 0 Å². The van der Waals surface area contributed by atoms with Gasteiger partial charge in [-0.2, -0.15) is 4.68 Å². The smallest absolute Gasteiger partial charge is 0.278 e. The van der Waals surface area contributed by atoms with E-state index < -0.39 is 0 Å². The molecule has 6 nitrogen and oxygen atoms in total. The molecule has 6 heteroatoms. The Balaban J connectivity index is 1.32. The molecule has 1 aliphatic rings. The highest BCUT2D eigenvalue weighted by atomic mass is 16.1. The molecular weight excluding hydrogens is 386 g/mol. The lowest BCUT2D eigenvalue weighted by molar-refractivity contribution is 0.0827. The molecule has 1 fully saturated rings. The number of aromatic nitrogens is 3. The van der Waals surface area contributed by atoms with E-state index >= 15 is 0 Å². The van der Waals surface area contributed by atoms with Gasteiger partial charge in [0.25, 0.3) is 5.56 Å². The second-order valence-electron chi connectivity index (χ2n) is 7.93. The van der Waals surface area contributed by atoms with Crippen LogP contribution in [0, 0.1) is 0 Å². The Hall–Kier alpha value is -3.35. The monoisotopic (exact) mass is 411 g/mol. The van der Waals surface area contributed by atoms with Crippen LogP contribution >= 0.6 is 0 Å². The van der Waals surface area contributed by atoms with E-state index in [4.69, 9.17) is 0 Å². The van der Waals surface area contributed by atoms with Gasteiger partial charge in [-0.25, -0.2) is 0 Å². The maximum absolute atomic E-state index is 12.8. The highest BCUT2D eigenvalue weighted by molar-refractivity contribution is 5.76. The molecule has 1 aliphatic heterocycles. The molecule has 4 aromatic rings. The minimum absolute atomic E-state index is 0.0838. The highest BCUT2D eigenvalue weighted by Crippen LogP contribution is 2.29. The quantitative estimate of drug-likeness (QED) is 0.505. The predicted molar refractivity (Wildman–Crippen MR) is 122 cm³/mol. The van der Waals surface area contributed by atoms with Crippen molar-refractivity contribution >= 4 is 10.9 Å². The molecule has 0 unspecified atom stereocenters. The molecular formula is C25H25N5O. The maximum atomic E-state index is 12.8. The summed E-state index contributed by atoms with van der Waals surface area (Å²) in [4.78, 5) is 17.6. The maximum Gasteiger partial charge on any atom is 0.278 e. The number of nitrogens with zero attached hydrogens (tertiary/aromatic N) is 5. The summed E-state index contributed by atoms with van der Waals surface area (Å²) >= 11 is 0. The zero-order chi connectivity index (χ0) is 21.0. The fourth-order valence-corrected chi connectivity index (χ4v) is 4.35. The van der Waals surface area contributed by atoms with E-state index in [9.17, 15) is 4.79 Å². The van der Waals surface area contributed by atoms with Gasteiger partial charge in [0.15, 0.2) is 0 Å². The van der Waals surface area contributed by atoms with Crippen molar-refractivity contribution in [2.75, 3.05) is 26.2 Å². The molecule has 2 heterocycles. The van der Waals surface area contributed by atoms with Crippen molar-refractivity contribution in [3.8, 4) is 0 Å². The molecule has 156 valence electrons. The number of piperazine rings is 1. The van der Waals surface area contributed by atoms with Crippen molar-refractivity contribution in [1.29, 1.82) is 0 Å². The fraction of sp³-hybridized carbons (Fsp3) is 0.240. The first kappa shape index (κ1) is 19.6. The van der Waals surface area contributed by atoms with Crippen LogP contribution in [-0.2, 0) is 6.67 Å². The minimum atomic E-state index is -0.0838. The molecule has 0 radical (unpaired) electrons. The van der Waals surface area contributed by atoms with Crippen LogP contribution in [0.2, 0.25) is 0 Å². The largest absolute Gasteiger partial charge is 0.290 e. The van der Waals surface area contributed by atoms with Crippen molar-refractivity contribution in [3.63, 3.8) is 0 Å². The molecule has 31 heavy (non-hydrogen) atoms. The lowest BCUT2D eigenvalue weighted by atomic mass is 9.96. The molecule has 0 saturated carbocycles. The van der Waals surface area contributed by atoms with Gasteiger partial charge in [0.1, 0.15) is 5.52 Å². The predicted octanol–water partition coefficient (Wildman–Crippen LogP) is 3.16. The third-order valence-electron chi connectivity index (χ3n) is 5.97. The van der Waals surface area contributed by atoms with Gasteiger partial charge in [-0.1, -0.05) is 78.0 Å². The van der Waals surface area contributed by atoms with E-state index in [1.54, 1.807) is 0 Å². The Morgan fingerprint density at radius 2 is 1.32 bits per heavy atom. The van der Waals surface area contributed by atoms with Crippen molar-refractivity contribution in [1.82, 2.24) is 24.8 Å². The first-order valence-corrected chi connectivity index (χ1v) is 10.7. The lowest BCUT2D eigenvalue weighted by Gasteiger charge is -2.39. The van der Waals surface area contributed by atoms with Gasteiger partial charge in [-0.05, 0) is 23.3 Å². The Labute approximate surface area is 181 Å². The third kappa shape index (κ3) is 4.13. The van der Waals surface area contributed by atoms with Gasteiger partial charge in [0, 0.05) is 26.2 Å². The molecule has 0 spiro atoms. The lowest BCUT2D eigenvalue weighted by Crippen LogP contribution is -2.49. The van der Waals surface area contributed by atoms with Crippen LogP contribution in [0.1, 0.15) is 17.2 Å². The topological polar surface area (TPSA) is 54.3 Å². The van der Waals surface area contributed by atoms with Crippen molar-refractivity contribution < 1.29 is 0 Å². The van der Waals surface area contributed by atoms with Crippen molar-refractivity contribution in [2.45, 2.75) is 12.7 Å². The van der Waals surface area contributed by atoms with Crippen LogP contribution < -0.4 is 5.56 Å². The van der Waals surface area contributed by atoms with Crippen LogP contribution in [0.25, 0.3) is 10.9 Å². The standard InChI is InChI=1S/C25H25N5O/c31-25-22-13-7-8-14-23(22)26-27-30(25)19-28-15-17-29(18-16-28)24(20-9-3-1-4-10-20)21-11-5-2-6-12-21/h1-14,24H,15-19H2. The van der Waals surface area contributed by atoms with Crippen molar-refractivity contribution in [2.24, 2.45) is 0 Å². The van der Waals surface area contributed by atoms with Crippen LogP contribution in [0.3, 0.4) is 0 Å². The third-order valence-corrected chi connectivity index (χ3v) is 5.97. The van der Waals surface area contributed by atoms with Gasteiger partial charge < -0.3 is 0 Å². The summed E-state index contributed by atoms with van der Waals surface area (Å²) in [5.74, 6) is 0. The summed E-state index contributed by atoms with van der Waals surface area (Å²) in [7, 11) is 0. The van der Waals surface area contributed by atoms with Gasteiger partial charge in [-0.3, -0.25) is 14.6 Å². The van der Waals surface area contributed by atoms with E-state index in [0.717, 1.165) is 26.2 Å². The van der Waals surface area contributed by atoms with Gasteiger partial charge >= 0.3 is 0 Å². The Morgan fingerprint density at radius 1 is 0.742 bits per heavy atom. The number of benzene rings is 3. The molecule has 0 aliphatic carbocycles. The van der Waals surface area contributed by atoms with Crippen LogP contribution in [-0.4, -0.2) is 51.0 Å². The summed E-state index contributed by atoms with van der Waals surface area (Å²) < 4.78 is 1.48. The Kier molecular flexibility index (Phi) is 5.56. The fourth-order valence-electron chi connectivity index (χ4n) is 4.35. The molecule has 0 amide bonds. The highest BCUT2D eigenvalue weighted by Gasteiger charge is 2.26. The van der Waals surface area contributed by atoms with E-state index in [-0.39, 0.29) is 11.6 Å². The Bertz CT molecular complexity index is 1160. The van der Waals surface area contributed by atoms with Gasteiger partial charge in [-0.15, -0.1) is 5.10 Å². The Morgan fingerprint density at radius 3 is 1.97 bits per heavy atom. The normalized spacial score (nSPS) is 15.5. The summed E-state index contributed by atoms with van der Waals surface area (Å²) in [6.07, 6.45) is 0. The van der Waals surface area contributed by atoms with Gasteiger partial charge in [0.05, 0.1) is 18.1 Å². The second kappa shape index (κ2) is 8.79. The SMILES string of the molecule is O=c1c2ccccc2nnn1CN1CCN(C(c2ccccc2)c2ccccc2)CC1. The molecule has 5 rings (SSSR count). The summed E-state index contributed by atoms with van der Waals surface area (Å²) in [6, 6.07) is 28.9. The molecule has 0 bridgehead atoms. The number of hydrogen-bond acceptors (Lipinski definition) is 5. The zero-order valence-electron chi connectivity index (χ0n) is 17.3. The molecule has 0 N–H and O–H groups in total. The van der Waals surface area contributed by atoms with Crippen LogP contribution in [0.4, 0.5) is 0 Å². The summed E-state index contributed by atoms with van der Waals surface area (Å²) in [5, 5.41) is 8.97. The molecule has 1 aromatic heterocycles. The van der Waals surface area contributed by atoms with E-state index in [1.165, 1.54) is 15.8 Å². The number of rotatable bonds is 5. The average Bonchev–Trinajstić information content (AvgIpc) is 2.84. The van der Waals surface area contributed by atoms with Crippen LogP contribution in [0.15, 0.2) is 89.7 Å². The molecule has 1 saturated heterocycles. The average molecular weight is 412 g/mol. The minimum Gasteiger partial charge on any atom is -0.290 e. The number of fused-ring (bicyclic) bond motifs is 1. The zero-order valence-corrected chi connectivity index (χ0v) is 17.3. The first-order valence-electron chi connectivity index (χ1n) is 10.7. The number of hydrogen-bond donors (Lipinski definition) is 0. The summed E-state index contributed by atoms with van der Waals surface area (Å²) in [5.41, 5.74) is 3.17. The van der Waals surface area contributed by atoms with Gasteiger partial charge in [0.2, 0.25) is 0 Å². The van der Waals surface area contributed by atoms with E-state index in [0.29, 0.717) is 17.6 Å². The first-order chi connectivity index (χ1) is 15.3. The van der Waals surface area contributed by atoms with Crippen molar-refractivity contribution in [3.05, 3.63) is 106 Å². The second-order valence-corrected chi connectivity index (χ2v) is 7.93. The van der Waals surface area contributed by atoms with E-state index in [1.807, 2.05) is 24.3 Å². The summed E-state index contributed by atoms with van der Waals surface area (Å²) in [6.45, 7) is 4.05. The molecule has 0 atom stereocenters.